The minimum atomic E-state index is 0.123. The van der Waals surface area contributed by atoms with Crippen LogP contribution >= 0.6 is 22.9 Å². The molecule has 18 heavy (non-hydrogen) atoms. The Hall–Kier alpha value is -1.03. The van der Waals surface area contributed by atoms with Crippen molar-refractivity contribution >= 4 is 22.9 Å². The van der Waals surface area contributed by atoms with Gasteiger partial charge in [-0.15, -0.1) is 11.3 Å². The summed E-state index contributed by atoms with van der Waals surface area (Å²) in [5.74, 6) is 0.893. The standard InChI is InChI=1S/C14H16ClNOS/c1-3-16-14(11-6-4-5-7-12(11)15)13-8-10(17-2)9-18-13/h4-9,14,16H,3H2,1-2H3. The van der Waals surface area contributed by atoms with Crippen molar-refractivity contribution in [1.29, 1.82) is 0 Å². The fourth-order valence-corrected chi connectivity index (χ4v) is 3.06. The Morgan fingerprint density at radius 3 is 2.78 bits per heavy atom. The van der Waals surface area contributed by atoms with E-state index in [1.807, 2.05) is 23.6 Å². The van der Waals surface area contributed by atoms with E-state index in [-0.39, 0.29) is 6.04 Å². The first-order valence-electron chi connectivity index (χ1n) is 5.86. The van der Waals surface area contributed by atoms with Gasteiger partial charge in [-0.05, 0) is 24.2 Å². The first-order valence-corrected chi connectivity index (χ1v) is 7.12. The van der Waals surface area contributed by atoms with E-state index in [0.717, 1.165) is 22.9 Å². The van der Waals surface area contributed by atoms with Gasteiger partial charge in [0.15, 0.2) is 0 Å². The van der Waals surface area contributed by atoms with Gasteiger partial charge in [0.25, 0.3) is 0 Å². The summed E-state index contributed by atoms with van der Waals surface area (Å²) in [5.41, 5.74) is 1.10. The molecule has 0 aliphatic rings. The molecule has 1 aromatic carbocycles. The average Bonchev–Trinajstić information content (AvgIpc) is 2.85. The summed E-state index contributed by atoms with van der Waals surface area (Å²) in [6.07, 6.45) is 0. The van der Waals surface area contributed by atoms with Crippen molar-refractivity contribution in [3.63, 3.8) is 0 Å². The maximum atomic E-state index is 6.28. The molecule has 1 aromatic heterocycles. The Balaban J connectivity index is 2.36. The maximum Gasteiger partial charge on any atom is 0.129 e. The van der Waals surface area contributed by atoms with Crippen LogP contribution in [-0.2, 0) is 0 Å². The highest BCUT2D eigenvalue weighted by Gasteiger charge is 2.17. The maximum absolute atomic E-state index is 6.28. The van der Waals surface area contributed by atoms with E-state index in [1.54, 1.807) is 18.4 Å². The largest absolute Gasteiger partial charge is 0.496 e. The highest BCUT2D eigenvalue weighted by Crippen LogP contribution is 2.33. The van der Waals surface area contributed by atoms with Crippen LogP contribution in [-0.4, -0.2) is 13.7 Å². The number of hydrogen-bond acceptors (Lipinski definition) is 3. The van der Waals surface area contributed by atoms with Crippen molar-refractivity contribution in [3.05, 3.63) is 51.2 Å². The van der Waals surface area contributed by atoms with Crippen LogP contribution in [0.1, 0.15) is 23.4 Å². The molecule has 4 heteroatoms. The van der Waals surface area contributed by atoms with E-state index in [9.17, 15) is 0 Å². The highest BCUT2D eigenvalue weighted by molar-refractivity contribution is 7.10. The second-order valence-electron chi connectivity index (χ2n) is 3.90. The molecule has 0 aliphatic carbocycles. The van der Waals surface area contributed by atoms with Crippen molar-refractivity contribution in [1.82, 2.24) is 5.32 Å². The highest BCUT2D eigenvalue weighted by atomic mass is 35.5. The normalized spacial score (nSPS) is 12.4. The molecule has 0 saturated carbocycles. The van der Waals surface area contributed by atoms with E-state index in [1.165, 1.54) is 4.88 Å². The van der Waals surface area contributed by atoms with Gasteiger partial charge < -0.3 is 10.1 Å². The van der Waals surface area contributed by atoms with Gasteiger partial charge in [-0.3, -0.25) is 0 Å². The zero-order chi connectivity index (χ0) is 13.0. The first kappa shape index (κ1) is 13.4. The van der Waals surface area contributed by atoms with Crippen LogP contribution < -0.4 is 10.1 Å². The number of nitrogens with one attached hydrogen (secondary N) is 1. The van der Waals surface area contributed by atoms with Gasteiger partial charge in [0.1, 0.15) is 5.75 Å². The Morgan fingerprint density at radius 1 is 1.39 bits per heavy atom. The monoisotopic (exact) mass is 281 g/mol. The fourth-order valence-electron chi connectivity index (χ4n) is 1.87. The summed E-state index contributed by atoms with van der Waals surface area (Å²) in [5, 5.41) is 6.26. The van der Waals surface area contributed by atoms with Crippen molar-refractivity contribution in [2.75, 3.05) is 13.7 Å². The lowest BCUT2D eigenvalue weighted by Gasteiger charge is -2.18. The number of ether oxygens (including phenoxy) is 1. The van der Waals surface area contributed by atoms with Gasteiger partial charge in [0, 0.05) is 15.3 Å². The van der Waals surface area contributed by atoms with Gasteiger partial charge in [0.2, 0.25) is 0 Å². The molecule has 0 spiro atoms. The van der Waals surface area contributed by atoms with Gasteiger partial charge in [-0.25, -0.2) is 0 Å². The molecule has 2 nitrogen and oxygen atoms in total. The Bertz CT molecular complexity index is 512. The molecule has 1 unspecified atom stereocenters. The predicted octanol–water partition coefficient (Wildman–Crippen LogP) is 4.11. The third kappa shape index (κ3) is 2.86. The number of halogens is 1. The number of methoxy groups -OCH3 is 1. The summed E-state index contributed by atoms with van der Waals surface area (Å²) in [6, 6.07) is 10.1. The van der Waals surface area contributed by atoms with Crippen molar-refractivity contribution in [3.8, 4) is 5.75 Å². The summed E-state index contributed by atoms with van der Waals surface area (Å²) in [4.78, 5) is 1.21. The summed E-state index contributed by atoms with van der Waals surface area (Å²) in [6.45, 7) is 2.98. The Morgan fingerprint density at radius 2 is 2.17 bits per heavy atom. The lowest BCUT2D eigenvalue weighted by molar-refractivity contribution is 0.416. The van der Waals surface area contributed by atoms with E-state index in [0.29, 0.717) is 0 Å². The van der Waals surface area contributed by atoms with Crippen LogP contribution in [0, 0.1) is 0 Å². The topological polar surface area (TPSA) is 21.3 Å². The summed E-state index contributed by atoms with van der Waals surface area (Å²) < 4.78 is 5.24. The molecule has 96 valence electrons. The molecule has 2 rings (SSSR count). The average molecular weight is 282 g/mol. The van der Waals surface area contributed by atoms with Crippen molar-refractivity contribution in [2.45, 2.75) is 13.0 Å². The number of hydrogen-bond donors (Lipinski definition) is 1. The SMILES string of the molecule is CCNC(c1cc(OC)cs1)c1ccccc1Cl. The van der Waals surface area contributed by atoms with Crippen LogP contribution in [0.3, 0.4) is 0 Å². The molecular formula is C14H16ClNOS. The minimum absolute atomic E-state index is 0.123. The van der Waals surface area contributed by atoms with Gasteiger partial charge in [0.05, 0.1) is 13.2 Å². The summed E-state index contributed by atoms with van der Waals surface area (Å²) >= 11 is 7.96. The smallest absolute Gasteiger partial charge is 0.129 e. The van der Waals surface area contributed by atoms with Crippen LogP contribution in [0.25, 0.3) is 0 Å². The minimum Gasteiger partial charge on any atom is -0.496 e. The number of rotatable bonds is 5. The van der Waals surface area contributed by atoms with Gasteiger partial charge in [-0.1, -0.05) is 36.7 Å². The lowest BCUT2D eigenvalue weighted by Crippen LogP contribution is -2.21. The Labute approximate surface area is 117 Å². The molecule has 1 heterocycles. The molecule has 1 atom stereocenters. The zero-order valence-electron chi connectivity index (χ0n) is 10.4. The summed E-state index contributed by atoms with van der Waals surface area (Å²) in [7, 11) is 1.68. The molecule has 0 amide bonds. The number of benzene rings is 1. The predicted molar refractivity (Wildman–Crippen MR) is 77.8 cm³/mol. The van der Waals surface area contributed by atoms with E-state index in [2.05, 4.69) is 24.4 Å². The Kier molecular flexibility index (Phi) is 4.64. The first-order chi connectivity index (χ1) is 8.76. The molecule has 1 N–H and O–H groups in total. The third-order valence-corrected chi connectivity index (χ3v) is 4.06. The van der Waals surface area contributed by atoms with E-state index >= 15 is 0 Å². The molecule has 0 fully saturated rings. The van der Waals surface area contributed by atoms with Crippen LogP contribution in [0.15, 0.2) is 35.7 Å². The molecule has 0 saturated heterocycles. The molecule has 0 bridgehead atoms. The molecule has 2 aromatic rings. The molecule has 0 aliphatic heterocycles. The second-order valence-corrected chi connectivity index (χ2v) is 5.25. The number of thiophene rings is 1. The van der Waals surface area contributed by atoms with Crippen molar-refractivity contribution < 1.29 is 4.74 Å². The fraction of sp³-hybridized carbons (Fsp3) is 0.286. The van der Waals surface area contributed by atoms with Crippen LogP contribution in [0.2, 0.25) is 5.02 Å². The van der Waals surface area contributed by atoms with Gasteiger partial charge in [-0.2, -0.15) is 0 Å². The molecular weight excluding hydrogens is 266 g/mol. The van der Waals surface area contributed by atoms with Gasteiger partial charge >= 0.3 is 0 Å². The van der Waals surface area contributed by atoms with Crippen LogP contribution in [0.4, 0.5) is 0 Å². The third-order valence-electron chi connectivity index (χ3n) is 2.74. The second kappa shape index (κ2) is 6.23. The van der Waals surface area contributed by atoms with Crippen LogP contribution in [0.5, 0.6) is 5.75 Å². The lowest BCUT2D eigenvalue weighted by atomic mass is 10.1. The van der Waals surface area contributed by atoms with E-state index in [4.69, 9.17) is 16.3 Å². The zero-order valence-corrected chi connectivity index (χ0v) is 12.0. The molecule has 0 radical (unpaired) electrons. The van der Waals surface area contributed by atoms with E-state index < -0.39 is 0 Å². The van der Waals surface area contributed by atoms with Crippen molar-refractivity contribution in [2.24, 2.45) is 0 Å². The quantitative estimate of drug-likeness (QED) is 0.890.